The van der Waals surface area contributed by atoms with Gasteiger partial charge in [-0.25, -0.2) is 0 Å². The third kappa shape index (κ3) is 3.38. The summed E-state index contributed by atoms with van der Waals surface area (Å²) in [7, 11) is 0. The highest BCUT2D eigenvalue weighted by Gasteiger charge is 2.25. The number of para-hydroxylation sites is 1. The van der Waals surface area contributed by atoms with Gasteiger partial charge >= 0.3 is 0 Å². The molecular formula is C16H16ClNO2. The van der Waals surface area contributed by atoms with E-state index in [0.29, 0.717) is 16.3 Å². The molecule has 0 aliphatic heterocycles. The van der Waals surface area contributed by atoms with E-state index in [4.69, 9.17) is 11.6 Å². The summed E-state index contributed by atoms with van der Waals surface area (Å²) < 4.78 is 0. The van der Waals surface area contributed by atoms with Crippen molar-refractivity contribution in [2.45, 2.75) is 13.0 Å². The Balaban J connectivity index is 2.09. The van der Waals surface area contributed by atoms with Crippen LogP contribution in [0.5, 0.6) is 0 Å². The van der Waals surface area contributed by atoms with Crippen LogP contribution in [0.2, 0.25) is 5.02 Å². The van der Waals surface area contributed by atoms with E-state index in [2.05, 4.69) is 5.32 Å². The Morgan fingerprint density at radius 2 is 1.70 bits per heavy atom. The minimum Gasteiger partial charge on any atom is -0.388 e. The van der Waals surface area contributed by atoms with E-state index in [1.165, 1.54) is 0 Å². The number of hydrogen-bond donors (Lipinski definition) is 2. The minimum absolute atomic E-state index is 0.247. The van der Waals surface area contributed by atoms with Crippen molar-refractivity contribution in [1.82, 2.24) is 0 Å². The van der Waals surface area contributed by atoms with Crippen molar-refractivity contribution >= 4 is 23.2 Å². The molecule has 1 amide bonds. The van der Waals surface area contributed by atoms with Crippen LogP contribution in [0.1, 0.15) is 18.6 Å². The van der Waals surface area contributed by atoms with E-state index in [9.17, 15) is 9.90 Å². The van der Waals surface area contributed by atoms with E-state index in [1.807, 2.05) is 18.2 Å². The topological polar surface area (TPSA) is 49.3 Å². The van der Waals surface area contributed by atoms with Gasteiger partial charge in [0.1, 0.15) is 0 Å². The van der Waals surface area contributed by atoms with Gasteiger partial charge in [0.05, 0.1) is 12.0 Å². The first-order valence-electron chi connectivity index (χ1n) is 6.38. The van der Waals surface area contributed by atoms with Crippen LogP contribution in [0.3, 0.4) is 0 Å². The Labute approximate surface area is 123 Å². The van der Waals surface area contributed by atoms with Crippen LogP contribution in [0.4, 0.5) is 5.69 Å². The standard InChI is InChI=1S/C16H16ClNO2/c1-11(15(19)13-9-5-6-10-14(13)17)16(20)18-12-7-3-2-4-8-12/h2-11,15,19H,1H3,(H,18,20)/t11-,15+/m0/s1. The minimum atomic E-state index is -0.938. The van der Waals surface area contributed by atoms with Crippen LogP contribution in [0, 0.1) is 5.92 Å². The molecule has 104 valence electrons. The monoisotopic (exact) mass is 289 g/mol. The van der Waals surface area contributed by atoms with Gasteiger partial charge < -0.3 is 10.4 Å². The molecule has 2 aromatic rings. The van der Waals surface area contributed by atoms with Crippen molar-refractivity contribution in [3.05, 3.63) is 65.2 Å². The number of halogens is 1. The van der Waals surface area contributed by atoms with Gasteiger partial charge in [0.15, 0.2) is 0 Å². The molecule has 0 spiro atoms. The van der Waals surface area contributed by atoms with E-state index in [-0.39, 0.29) is 5.91 Å². The van der Waals surface area contributed by atoms with E-state index in [0.717, 1.165) is 0 Å². The van der Waals surface area contributed by atoms with E-state index >= 15 is 0 Å². The lowest BCUT2D eigenvalue weighted by Gasteiger charge is -2.19. The molecule has 0 aliphatic carbocycles. The first-order chi connectivity index (χ1) is 9.59. The number of rotatable bonds is 4. The third-order valence-electron chi connectivity index (χ3n) is 3.15. The van der Waals surface area contributed by atoms with Crippen LogP contribution in [-0.2, 0) is 4.79 Å². The number of amides is 1. The average Bonchev–Trinajstić information content (AvgIpc) is 2.47. The maximum Gasteiger partial charge on any atom is 0.230 e. The summed E-state index contributed by atoms with van der Waals surface area (Å²) >= 11 is 6.04. The molecule has 0 fully saturated rings. The molecule has 0 heterocycles. The van der Waals surface area contributed by atoms with Crippen LogP contribution >= 0.6 is 11.6 Å². The maximum atomic E-state index is 12.1. The average molecular weight is 290 g/mol. The molecule has 4 heteroatoms. The smallest absolute Gasteiger partial charge is 0.230 e. The SMILES string of the molecule is C[C@H](C(=O)Nc1ccccc1)[C@@H](O)c1ccccc1Cl. The Bertz CT molecular complexity index is 586. The fraction of sp³-hybridized carbons (Fsp3) is 0.188. The highest BCUT2D eigenvalue weighted by atomic mass is 35.5. The number of anilines is 1. The van der Waals surface area contributed by atoms with Crippen LogP contribution in [0.25, 0.3) is 0 Å². The number of aliphatic hydroxyl groups is 1. The number of carbonyl (C=O) groups excluding carboxylic acids is 1. The van der Waals surface area contributed by atoms with Crippen molar-refractivity contribution < 1.29 is 9.90 Å². The van der Waals surface area contributed by atoms with Gasteiger partial charge in [-0.3, -0.25) is 4.79 Å². The van der Waals surface area contributed by atoms with Gasteiger partial charge in [-0.2, -0.15) is 0 Å². The van der Waals surface area contributed by atoms with Crippen molar-refractivity contribution in [2.24, 2.45) is 5.92 Å². The molecular weight excluding hydrogens is 274 g/mol. The Hall–Kier alpha value is -1.84. The molecule has 20 heavy (non-hydrogen) atoms. The van der Waals surface area contributed by atoms with Crippen molar-refractivity contribution in [1.29, 1.82) is 0 Å². The van der Waals surface area contributed by atoms with Gasteiger partial charge in [-0.15, -0.1) is 0 Å². The number of benzene rings is 2. The lowest BCUT2D eigenvalue weighted by molar-refractivity contribution is -0.122. The summed E-state index contributed by atoms with van der Waals surface area (Å²) in [5.41, 5.74) is 1.26. The number of aliphatic hydroxyl groups excluding tert-OH is 1. The quantitative estimate of drug-likeness (QED) is 0.902. The Morgan fingerprint density at radius 1 is 1.10 bits per heavy atom. The molecule has 0 saturated heterocycles. The lowest BCUT2D eigenvalue weighted by Crippen LogP contribution is -2.26. The van der Waals surface area contributed by atoms with Gasteiger partial charge in [-0.1, -0.05) is 54.9 Å². The predicted octanol–water partition coefficient (Wildman–Crippen LogP) is 3.65. The molecule has 0 aromatic heterocycles. The zero-order valence-electron chi connectivity index (χ0n) is 11.1. The van der Waals surface area contributed by atoms with Gasteiger partial charge in [0.25, 0.3) is 0 Å². The van der Waals surface area contributed by atoms with Gasteiger partial charge in [-0.05, 0) is 23.8 Å². The summed E-state index contributed by atoms with van der Waals surface area (Å²) in [5, 5.41) is 13.5. The van der Waals surface area contributed by atoms with Crippen molar-refractivity contribution in [2.75, 3.05) is 5.32 Å². The molecule has 0 unspecified atom stereocenters. The van der Waals surface area contributed by atoms with Crippen LogP contribution in [-0.4, -0.2) is 11.0 Å². The number of hydrogen-bond acceptors (Lipinski definition) is 2. The number of carbonyl (C=O) groups is 1. The predicted molar refractivity (Wildman–Crippen MR) is 80.6 cm³/mol. The fourth-order valence-electron chi connectivity index (χ4n) is 1.91. The molecule has 0 aliphatic rings. The molecule has 0 bridgehead atoms. The second-order valence-corrected chi connectivity index (χ2v) is 5.02. The van der Waals surface area contributed by atoms with Crippen LogP contribution in [0.15, 0.2) is 54.6 Å². The molecule has 2 N–H and O–H groups in total. The van der Waals surface area contributed by atoms with Crippen molar-refractivity contribution in [3.8, 4) is 0 Å². The van der Waals surface area contributed by atoms with Gasteiger partial charge in [0, 0.05) is 10.7 Å². The molecule has 2 rings (SSSR count). The Kier molecular flexibility index (Phi) is 4.77. The molecule has 3 nitrogen and oxygen atoms in total. The summed E-state index contributed by atoms with van der Waals surface area (Å²) in [6, 6.07) is 16.1. The second kappa shape index (κ2) is 6.55. The zero-order chi connectivity index (χ0) is 14.5. The normalized spacial score (nSPS) is 13.6. The fourth-order valence-corrected chi connectivity index (χ4v) is 2.15. The molecule has 2 atom stereocenters. The van der Waals surface area contributed by atoms with Gasteiger partial charge in [0.2, 0.25) is 5.91 Å². The van der Waals surface area contributed by atoms with E-state index < -0.39 is 12.0 Å². The molecule has 2 aromatic carbocycles. The Morgan fingerprint density at radius 3 is 2.35 bits per heavy atom. The highest BCUT2D eigenvalue weighted by Crippen LogP contribution is 2.28. The van der Waals surface area contributed by atoms with E-state index in [1.54, 1.807) is 43.3 Å². The summed E-state index contributed by atoms with van der Waals surface area (Å²) in [5.74, 6) is -0.848. The summed E-state index contributed by atoms with van der Waals surface area (Å²) in [6.07, 6.45) is -0.938. The lowest BCUT2D eigenvalue weighted by atomic mass is 9.96. The first-order valence-corrected chi connectivity index (χ1v) is 6.76. The third-order valence-corrected chi connectivity index (χ3v) is 3.50. The zero-order valence-corrected chi connectivity index (χ0v) is 11.8. The molecule has 0 saturated carbocycles. The van der Waals surface area contributed by atoms with Crippen molar-refractivity contribution in [3.63, 3.8) is 0 Å². The first kappa shape index (κ1) is 14.6. The number of nitrogens with one attached hydrogen (secondary N) is 1. The summed E-state index contributed by atoms with van der Waals surface area (Å²) in [6.45, 7) is 1.67. The highest BCUT2D eigenvalue weighted by molar-refractivity contribution is 6.31. The summed E-state index contributed by atoms with van der Waals surface area (Å²) in [4.78, 5) is 12.1. The van der Waals surface area contributed by atoms with Crippen LogP contribution < -0.4 is 5.32 Å². The second-order valence-electron chi connectivity index (χ2n) is 4.61. The largest absolute Gasteiger partial charge is 0.388 e. The molecule has 0 radical (unpaired) electrons. The maximum absolute atomic E-state index is 12.1.